The standard InChI is InChI=1S/C18H33Br/c1-5-14-7-9-15(10-8-14)18(3,4)16-11-6-13(2)12-17(16)19/h13-17H,5-12H2,1-4H3. The van der Waals surface area contributed by atoms with Crippen LogP contribution in [0, 0.1) is 29.1 Å². The summed E-state index contributed by atoms with van der Waals surface area (Å²) in [5.41, 5.74) is 0.535. The highest BCUT2D eigenvalue weighted by atomic mass is 79.9. The van der Waals surface area contributed by atoms with Gasteiger partial charge in [0.25, 0.3) is 0 Å². The fraction of sp³-hybridized carbons (Fsp3) is 1.00. The van der Waals surface area contributed by atoms with Crippen LogP contribution in [0.4, 0.5) is 0 Å². The smallest absolute Gasteiger partial charge is 0.0181 e. The highest BCUT2D eigenvalue weighted by Crippen LogP contribution is 2.51. The molecular formula is C18H33Br. The van der Waals surface area contributed by atoms with Crippen LogP contribution in [0.1, 0.15) is 79.1 Å². The molecule has 112 valence electrons. The molecule has 0 nitrogen and oxygen atoms in total. The maximum atomic E-state index is 4.02. The first-order valence-electron chi connectivity index (χ1n) is 8.59. The van der Waals surface area contributed by atoms with E-state index in [-0.39, 0.29) is 0 Å². The van der Waals surface area contributed by atoms with Crippen molar-refractivity contribution in [3.63, 3.8) is 0 Å². The van der Waals surface area contributed by atoms with Crippen LogP contribution in [0.2, 0.25) is 0 Å². The van der Waals surface area contributed by atoms with Crippen LogP contribution in [-0.4, -0.2) is 4.83 Å². The molecule has 0 aromatic rings. The van der Waals surface area contributed by atoms with Gasteiger partial charge in [0, 0.05) is 4.83 Å². The SMILES string of the molecule is CCC1CCC(C(C)(C)C2CCC(C)CC2Br)CC1. The van der Waals surface area contributed by atoms with Crippen LogP contribution in [-0.2, 0) is 0 Å². The molecule has 2 saturated carbocycles. The maximum absolute atomic E-state index is 4.02. The van der Waals surface area contributed by atoms with E-state index in [4.69, 9.17) is 0 Å². The van der Waals surface area contributed by atoms with Crippen molar-refractivity contribution in [3.05, 3.63) is 0 Å². The summed E-state index contributed by atoms with van der Waals surface area (Å²) in [5, 5.41) is 0. The van der Waals surface area contributed by atoms with Crippen molar-refractivity contribution in [3.8, 4) is 0 Å². The average molecular weight is 329 g/mol. The molecule has 2 aliphatic rings. The summed E-state index contributed by atoms with van der Waals surface area (Å²) in [6.07, 6.45) is 11.6. The summed E-state index contributed by atoms with van der Waals surface area (Å²) >= 11 is 4.02. The molecule has 2 rings (SSSR count). The Hall–Kier alpha value is 0.480. The van der Waals surface area contributed by atoms with Crippen LogP contribution < -0.4 is 0 Å². The van der Waals surface area contributed by atoms with Crippen LogP contribution in [0.5, 0.6) is 0 Å². The van der Waals surface area contributed by atoms with Gasteiger partial charge in [-0.2, -0.15) is 0 Å². The highest BCUT2D eigenvalue weighted by molar-refractivity contribution is 9.09. The zero-order chi connectivity index (χ0) is 14.0. The molecule has 0 saturated heterocycles. The van der Waals surface area contributed by atoms with Crippen molar-refractivity contribution in [2.24, 2.45) is 29.1 Å². The van der Waals surface area contributed by atoms with Gasteiger partial charge < -0.3 is 0 Å². The van der Waals surface area contributed by atoms with Crippen LogP contribution >= 0.6 is 15.9 Å². The fourth-order valence-electron chi connectivity index (χ4n) is 4.77. The molecule has 2 aliphatic carbocycles. The summed E-state index contributed by atoms with van der Waals surface area (Å²) in [6, 6.07) is 0. The molecule has 0 bridgehead atoms. The molecule has 0 aromatic carbocycles. The lowest BCUT2D eigenvalue weighted by Gasteiger charge is -2.48. The molecule has 2 fully saturated rings. The predicted molar refractivity (Wildman–Crippen MR) is 88.7 cm³/mol. The number of alkyl halides is 1. The van der Waals surface area contributed by atoms with Crippen molar-refractivity contribution in [2.75, 3.05) is 0 Å². The summed E-state index contributed by atoms with van der Waals surface area (Å²) in [5.74, 6) is 3.81. The Balaban J connectivity index is 1.97. The van der Waals surface area contributed by atoms with E-state index in [0.717, 1.165) is 28.5 Å². The Morgan fingerprint density at radius 1 is 1.00 bits per heavy atom. The Kier molecular flexibility index (Phi) is 5.42. The quantitative estimate of drug-likeness (QED) is 0.523. The van der Waals surface area contributed by atoms with Crippen molar-refractivity contribution in [1.29, 1.82) is 0 Å². The second-order valence-corrected chi connectivity index (χ2v) is 9.16. The van der Waals surface area contributed by atoms with Gasteiger partial charge in [-0.1, -0.05) is 69.3 Å². The van der Waals surface area contributed by atoms with Crippen LogP contribution in [0.25, 0.3) is 0 Å². The second kappa shape index (κ2) is 6.50. The molecule has 0 radical (unpaired) electrons. The fourth-order valence-corrected chi connectivity index (χ4v) is 6.35. The zero-order valence-electron chi connectivity index (χ0n) is 13.4. The summed E-state index contributed by atoms with van der Waals surface area (Å²) in [6.45, 7) is 9.93. The average Bonchev–Trinajstić information content (AvgIpc) is 2.38. The minimum Gasteiger partial charge on any atom is -0.0887 e. The first-order valence-corrected chi connectivity index (χ1v) is 9.50. The molecule has 3 unspecified atom stereocenters. The maximum Gasteiger partial charge on any atom is 0.0181 e. The van der Waals surface area contributed by atoms with Gasteiger partial charge in [0.1, 0.15) is 0 Å². The topological polar surface area (TPSA) is 0 Å². The zero-order valence-corrected chi connectivity index (χ0v) is 15.0. The van der Waals surface area contributed by atoms with Crippen LogP contribution in [0.15, 0.2) is 0 Å². The Morgan fingerprint density at radius 2 is 1.63 bits per heavy atom. The highest BCUT2D eigenvalue weighted by Gasteiger charge is 2.43. The first kappa shape index (κ1) is 15.9. The third-order valence-electron chi connectivity index (χ3n) is 6.47. The lowest BCUT2D eigenvalue weighted by atomic mass is 9.59. The van der Waals surface area contributed by atoms with E-state index in [1.165, 1.54) is 51.4 Å². The minimum absolute atomic E-state index is 0.535. The second-order valence-electron chi connectivity index (χ2n) is 7.99. The molecule has 19 heavy (non-hydrogen) atoms. The van der Waals surface area contributed by atoms with Gasteiger partial charge in [-0.25, -0.2) is 0 Å². The molecule has 0 heterocycles. The van der Waals surface area contributed by atoms with Gasteiger partial charge >= 0.3 is 0 Å². The number of hydrogen-bond acceptors (Lipinski definition) is 0. The molecule has 0 spiro atoms. The van der Waals surface area contributed by atoms with Gasteiger partial charge in [0.15, 0.2) is 0 Å². The Labute approximate surface area is 129 Å². The number of rotatable bonds is 3. The summed E-state index contributed by atoms with van der Waals surface area (Å²) in [7, 11) is 0. The lowest BCUT2D eigenvalue weighted by molar-refractivity contribution is 0.0453. The van der Waals surface area contributed by atoms with Gasteiger partial charge in [-0.3, -0.25) is 0 Å². The van der Waals surface area contributed by atoms with Gasteiger partial charge in [0.2, 0.25) is 0 Å². The van der Waals surface area contributed by atoms with Crippen molar-refractivity contribution in [2.45, 2.75) is 83.9 Å². The van der Waals surface area contributed by atoms with E-state index in [0.29, 0.717) is 5.41 Å². The van der Waals surface area contributed by atoms with E-state index < -0.39 is 0 Å². The third kappa shape index (κ3) is 3.57. The largest absolute Gasteiger partial charge is 0.0887 e. The molecule has 0 amide bonds. The molecule has 0 aliphatic heterocycles. The van der Waals surface area contributed by atoms with E-state index in [2.05, 4.69) is 43.6 Å². The number of hydrogen-bond donors (Lipinski definition) is 0. The van der Waals surface area contributed by atoms with E-state index >= 15 is 0 Å². The molecule has 1 heteroatoms. The van der Waals surface area contributed by atoms with E-state index in [9.17, 15) is 0 Å². The first-order chi connectivity index (χ1) is 8.95. The normalized spacial score (nSPS) is 41.2. The molecule has 3 atom stereocenters. The van der Waals surface area contributed by atoms with Crippen molar-refractivity contribution in [1.82, 2.24) is 0 Å². The van der Waals surface area contributed by atoms with E-state index in [1.54, 1.807) is 0 Å². The van der Waals surface area contributed by atoms with Gasteiger partial charge in [0.05, 0.1) is 0 Å². The third-order valence-corrected chi connectivity index (χ3v) is 7.48. The lowest BCUT2D eigenvalue weighted by Crippen LogP contribution is -2.41. The molecule has 0 aromatic heterocycles. The molecular weight excluding hydrogens is 296 g/mol. The predicted octanol–water partition coefficient (Wildman–Crippen LogP) is 6.43. The minimum atomic E-state index is 0.535. The van der Waals surface area contributed by atoms with E-state index in [1.807, 2.05) is 0 Å². The molecule has 0 N–H and O–H groups in total. The Bertz CT molecular complexity index is 275. The number of halogens is 1. The van der Waals surface area contributed by atoms with Crippen LogP contribution in [0.3, 0.4) is 0 Å². The monoisotopic (exact) mass is 328 g/mol. The van der Waals surface area contributed by atoms with Crippen molar-refractivity contribution >= 4 is 15.9 Å². The Morgan fingerprint density at radius 3 is 2.16 bits per heavy atom. The van der Waals surface area contributed by atoms with Gasteiger partial charge in [-0.15, -0.1) is 0 Å². The van der Waals surface area contributed by atoms with Crippen molar-refractivity contribution < 1.29 is 0 Å². The van der Waals surface area contributed by atoms with Gasteiger partial charge in [-0.05, 0) is 54.8 Å². The summed E-state index contributed by atoms with van der Waals surface area (Å²) in [4.78, 5) is 0.759. The summed E-state index contributed by atoms with van der Waals surface area (Å²) < 4.78 is 0.